The van der Waals surface area contributed by atoms with E-state index in [1.165, 1.54) is 18.7 Å². The highest BCUT2D eigenvalue weighted by atomic mass is 32.2. The Balaban J connectivity index is 1.72. The summed E-state index contributed by atoms with van der Waals surface area (Å²) in [6.07, 6.45) is 2.75. The molecule has 5 unspecified atom stereocenters. The summed E-state index contributed by atoms with van der Waals surface area (Å²) in [4.78, 5) is 54.3. The smallest absolute Gasteiger partial charge is 0.326 e. The predicted molar refractivity (Wildman–Crippen MR) is 158 cm³/mol. The summed E-state index contributed by atoms with van der Waals surface area (Å²) in [5, 5.41) is 28.5. The lowest BCUT2D eigenvalue weighted by Crippen LogP contribution is -2.60. The number of hydrogen-bond donors (Lipinski definition) is 7. The highest BCUT2D eigenvalue weighted by Gasteiger charge is 2.32. The number of carbonyl (C=O) groups is 4. The van der Waals surface area contributed by atoms with Crippen LogP contribution >= 0.6 is 11.8 Å². The lowest BCUT2D eigenvalue weighted by molar-refractivity contribution is -0.142. The Kier molecular flexibility index (Phi) is 11.7. The summed E-state index contributed by atoms with van der Waals surface area (Å²) >= 11 is 1.45. The minimum atomic E-state index is -1.41. The zero-order valence-electron chi connectivity index (χ0n) is 23.0. The Hall–Kier alpha value is -3.87. The molecule has 0 radical (unpaired) electrons. The van der Waals surface area contributed by atoms with Gasteiger partial charge in [0.2, 0.25) is 17.7 Å². The molecule has 0 aliphatic heterocycles. The van der Waals surface area contributed by atoms with E-state index in [0.717, 1.165) is 22.0 Å². The number of aliphatic carboxylic acids is 1. The Morgan fingerprint density at radius 1 is 0.902 bits per heavy atom. The molecule has 0 saturated heterocycles. The zero-order valence-corrected chi connectivity index (χ0v) is 23.8. The summed E-state index contributed by atoms with van der Waals surface area (Å²) in [6, 6.07) is 11.7. The number of aliphatic hydroxyl groups is 1. The van der Waals surface area contributed by atoms with Crippen LogP contribution in [0.3, 0.4) is 0 Å². The minimum Gasteiger partial charge on any atom is -0.480 e. The van der Waals surface area contributed by atoms with E-state index in [-0.39, 0.29) is 19.3 Å². The van der Waals surface area contributed by atoms with Crippen LogP contribution in [0.2, 0.25) is 0 Å². The average Bonchev–Trinajstić information content (AvgIpc) is 3.36. The zero-order chi connectivity index (χ0) is 29.9. The van der Waals surface area contributed by atoms with Gasteiger partial charge in [0.05, 0.1) is 12.1 Å². The number of aliphatic hydroxyl groups excluding tert-OH is 1. The first-order valence-corrected chi connectivity index (χ1v) is 14.7. The molecule has 41 heavy (non-hydrogen) atoms. The van der Waals surface area contributed by atoms with E-state index in [9.17, 15) is 29.4 Å². The Labute approximate surface area is 242 Å². The van der Waals surface area contributed by atoms with Crippen LogP contribution in [0.1, 0.15) is 24.5 Å². The van der Waals surface area contributed by atoms with Crippen molar-refractivity contribution in [2.75, 3.05) is 12.0 Å². The maximum atomic E-state index is 13.3. The molecule has 0 aliphatic rings. The predicted octanol–water partition coefficient (Wildman–Crippen LogP) is 0.953. The van der Waals surface area contributed by atoms with Gasteiger partial charge in [-0.05, 0) is 49.0 Å². The number of carboxylic acid groups (broad SMARTS) is 1. The molecule has 0 fully saturated rings. The Morgan fingerprint density at radius 2 is 1.56 bits per heavy atom. The first-order chi connectivity index (χ1) is 19.6. The average molecular weight is 584 g/mol. The summed E-state index contributed by atoms with van der Waals surface area (Å²) in [5.74, 6) is -2.82. The lowest BCUT2D eigenvalue weighted by atomic mass is 10.0. The van der Waals surface area contributed by atoms with Crippen LogP contribution in [0.15, 0.2) is 60.8 Å². The number of H-pyrrole nitrogens is 1. The van der Waals surface area contributed by atoms with Gasteiger partial charge in [0.15, 0.2) is 0 Å². The third-order valence-corrected chi connectivity index (χ3v) is 7.30. The first kappa shape index (κ1) is 31.7. The normalized spacial score (nSPS) is 14.8. The third kappa shape index (κ3) is 9.07. The van der Waals surface area contributed by atoms with Crippen molar-refractivity contribution < 1.29 is 29.4 Å². The molecule has 2 aromatic carbocycles. The van der Waals surface area contributed by atoms with E-state index in [1.54, 1.807) is 36.5 Å². The molecular formula is C29H37N5O6S. The molecule has 1 aromatic heterocycles. The molecule has 5 atom stereocenters. The molecule has 0 saturated carbocycles. The molecule has 0 aliphatic carbocycles. The number of hydrogen-bond acceptors (Lipinski definition) is 7. The molecule has 0 bridgehead atoms. The number of nitrogens with one attached hydrogen (secondary N) is 4. The molecule has 0 spiro atoms. The van der Waals surface area contributed by atoms with E-state index >= 15 is 0 Å². The topological polar surface area (TPSA) is 187 Å². The number of amides is 3. The van der Waals surface area contributed by atoms with Gasteiger partial charge in [0, 0.05) is 23.5 Å². The second-order valence-electron chi connectivity index (χ2n) is 9.83. The van der Waals surface area contributed by atoms with Gasteiger partial charge in [0.25, 0.3) is 0 Å². The minimum absolute atomic E-state index is 0.0633. The van der Waals surface area contributed by atoms with Crippen molar-refractivity contribution in [3.8, 4) is 0 Å². The second kappa shape index (κ2) is 15.2. The van der Waals surface area contributed by atoms with E-state index in [4.69, 9.17) is 5.73 Å². The number of para-hydroxylation sites is 1. The van der Waals surface area contributed by atoms with Gasteiger partial charge in [0.1, 0.15) is 18.1 Å². The third-order valence-electron chi connectivity index (χ3n) is 6.66. The molecule has 3 rings (SSSR count). The van der Waals surface area contributed by atoms with Gasteiger partial charge in [-0.15, -0.1) is 0 Å². The lowest BCUT2D eigenvalue weighted by Gasteiger charge is -2.26. The fourth-order valence-corrected chi connectivity index (χ4v) is 4.85. The van der Waals surface area contributed by atoms with Gasteiger partial charge in [-0.3, -0.25) is 14.4 Å². The molecule has 220 valence electrons. The van der Waals surface area contributed by atoms with Crippen molar-refractivity contribution in [2.24, 2.45) is 5.73 Å². The number of fused-ring (bicyclic) bond motifs is 1. The maximum Gasteiger partial charge on any atom is 0.326 e. The Morgan fingerprint density at radius 3 is 2.22 bits per heavy atom. The largest absolute Gasteiger partial charge is 0.480 e. The molecule has 8 N–H and O–H groups in total. The number of thioether (sulfide) groups is 1. The summed E-state index contributed by atoms with van der Waals surface area (Å²) in [5.41, 5.74) is 8.62. The van der Waals surface area contributed by atoms with Crippen LogP contribution in [0.5, 0.6) is 0 Å². The SMILES string of the molecule is CSCCC(NC(=O)C(Cc1ccccc1)NC(=O)C(NC(=O)C(N)Cc1c[nH]c2ccccc12)C(C)O)C(=O)O. The highest BCUT2D eigenvalue weighted by molar-refractivity contribution is 7.98. The van der Waals surface area contributed by atoms with Gasteiger partial charge >= 0.3 is 5.97 Å². The molecule has 12 heteroatoms. The quantitative estimate of drug-likeness (QED) is 0.138. The highest BCUT2D eigenvalue weighted by Crippen LogP contribution is 2.19. The Bertz CT molecular complexity index is 1330. The van der Waals surface area contributed by atoms with Gasteiger partial charge < -0.3 is 36.9 Å². The van der Waals surface area contributed by atoms with Crippen LogP contribution in [-0.2, 0) is 32.0 Å². The van der Waals surface area contributed by atoms with Crippen LogP contribution < -0.4 is 21.7 Å². The van der Waals surface area contributed by atoms with Crippen molar-refractivity contribution in [1.29, 1.82) is 0 Å². The molecular weight excluding hydrogens is 546 g/mol. The second-order valence-corrected chi connectivity index (χ2v) is 10.8. The van der Waals surface area contributed by atoms with Crippen LogP contribution in [0.4, 0.5) is 0 Å². The number of benzene rings is 2. The molecule has 11 nitrogen and oxygen atoms in total. The van der Waals surface area contributed by atoms with Crippen molar-refractivity contribution >= 4 is 46.4 Å². The molecule has 1 heterocycles. The van der Waals surface area contributed by atoms with E-state index in [1.807, 2.05) is 30.5 Å². The number of aromatic nitrogens is 1. The molecule has 3 aromatic rings. The van der Waals surface area contributed by atoms with Crippen LogP contribution in [0.25, 0.3) is 10.9 Å². The standard InChI is InChI=1S/C29H37N5O6S/c1-17(35)25(34-26(36)21(30)15-19-16-31-22-11-7-6-10-20(19)22)28(38)33-24(14-18-8-4-3-5-9-18)27(37)32-23(29(39)40)12-13-41-2/h3-11,16-17,21,23-25,31,35H,12-15,30H2,1-2H3,(H,32,37)(H,33,38)(H,34,36)(H,39,40). The van der Waals surface area contributed by atoms with Crippen molar-refractivity contribution in [3.63, 3.8) is 0 Å². The summed E-state index contributed by atoms with van der Waals surface area (Å²) < 4.78 is 0. The van der Waals surface area contributed by atoms with E-state index in [2.05, 4.69) is 20.9 Å². The summed E-state index contributed by atoms with van der Waals surface area (Å²) in [7, 11) is 0. The number of nitrogens with two attached hydrogens (primary N) is 1. The van der Waals surface area contributed by atoms with Crippen molar-refractivity contribution in [1.82, 2.24) is 20.9 Å². The molecule has 3 amide bonds. The first-order valence-electron chi connectivity index (χ1n) is 13.3. The van der Waals surface area contributed by atoms with Gasteiger partial charge in [-0.1, -0.05) is 48.5 Å². The monoisotopic (exact) mass is 583 g/mol. The van der Waals surface area contributed by atoms with E-state index in [0.29, 0.717) is 5.75 Å². The van der Waals surface area contributed by atoms with Crippen molar-refractivity contribution in [3.05, 3.63) is 71.9 Å². The van der Waals surface area contributed by atoms with Crippen LogP contribution in [0, 0.1) is 0 Å². The van der Waals surface area contributed by atoms with E-state index < -0.39 is 54.0 Å². The van der Waals surface area contributed by atoms with Gasteiger partial charge in [-0.2, -0.15) is 11.8 Å². The fourth-order valence-electron chi connectivity index (χ4n) is 4.38. The van der Waals surface area contributed by atoms with Crippen LogP contribution in [-0.4, -0.2) is 81.2 Å². The maximum absolute atomic E-state index is 13.3. The summed E-state index contributed by atoms with van der Waals surface area (Å²) in [6.45, 7) is 1.34. The number of rotatable bonds is 15. The van der Waals surface area contributed by atoms with Crippen molar-refractivity contribution in [2.45, 2.75) is 56.5 Å². The fraction of sp³-hybridized carbons (Fsp3) is 0.379. The number of carboxylic acids is 1. The number of carbonyl (C=O) groups excluding carboxylic acids is 3. The van der Waals surface area contributed by atoms with Gasteiger partial charge in [-0.25, -0.2) is 4.79 Å². The number of aromatic amines is 1.